The molecule has 0 amide bonds. The van der Waals surface area contributed by atoms with Gasteiger partial charge in [0.25, 0.3) is 0 Å². The molecule has 1 aliphatic rings. The fourth-order valence-electron chi connectivity index (χ4n) is 7.00. The standard InChI is InChI=1S/C44H41ClFN5O4S2/c1-25-26(2)57-44-40(25)42(29-11-13-33(45)14-12-29)48-36(43-50-49-27(3)51(43)44)23-35(52)6-4-18-55-19-5-7-37(53)30-20-31-21-32(24-47-41(31)39(56)22-30)38(54)17-10-28-8-15-34(46)16-9-28/h8-9,11-16,20-22,24,36,56H,4-7,10,17-19,23H2,1-3H3/t36-/m0/s1. The predicted molar refractivity (Wildman–Crippen MR) is 225 cm³/mol. The maximum absolute atomic E-state index is 13.4. The second-order valence-corrected chi connectivity index (χ2v) is 16.4. The number of hydrogen-bond donors (Lipinski definition) is 1. The molecule has 13 heteroatoms. The molecule has 0 N–H and O–H groups in total. The molecule has 0 saturated carbocycles. The van der Waals surface area contributed by atoms with Crippen molar-refractivity contribution >= 4 is 69.5 Å². The van der Waals surface area contributed by atoms with Gasteiger partial charge in [-0.2, -0.15) is 0 Å². The molecule has 3 aromatic heterocycles. The fraction of sp³-hybridized carbons (Fsp3) is 0.295. The van der Waals surface area contributed by atoms with Crippen LogP contribution in [0.1, 0.15) is 104 Å². The predicted octanol–water partition coefficient (Wildman–Crippen LogP) is 10.0. The maximum atomic E-state index is 13.4. The van der Waals surface area contributed by atoms with E-state index in [2.05, 4.69) is 41.7 Å². The number of aromatic nitrogens is 4. The van der Waals surface area contributed by atoms with Gasteiger partial charge in [-0.05, 0) is 93.6 Å². The van der Waals surface area contributed by atoms with E-state index in [0.717, 1.165) is 38.8 Å². The van der Waals surface area contributed by atoms with Crippen LogP contribution in [-0.4, -0.2) is 56.0 Å². The Balaban J connectivity index is 0.909. The van der Waals surface area contributed by atoms with Crippen molar-refractivity contribution in [2.75, 3.05) is 13.2 Å². The summed E-state index contributed by atoms with van der Waals surface area (Å²) in [4.78, 5) is 50.9. The van der Waals surface area contributed by atoms with Gasteiger partial charge in [0, 0.05) is 87.5 Å². The van der Waals surface area contributed by atoms with E-state index in [0.29, 0.717) is 76.7 Å². The van der Waals surface area contributed by atoms with Gasteiger partial charge in [0.2, 0.25) is 0 Å². The first kappa shape index (κ1) is 40.3. The number of halogens is 2. The van der Waals surface area contributed by atoms with Gasteiger partial charge < -0.3 is 4.74 Å². The lowest BCUT2D eigenvalue weighted by atomic mass is 9.99. The van der Waals surface area contributed by atoms with E-state index < -0.39 is 6.04 Å². The van der Waals surface area contributed by atoms with Gasteiger partial charge in [-0.25, -0.2) is 4.39 Å². The SMILES string of the molecule is Cc1sc2c(c1C)C(c1ccc(Cl)cc1)=N[C@@H](CC(=O)CCCOCCCC(=O)c1cc(S)c3ncc(C(=O)CCc4ccc(F)cc4)cc3c1)c1nnc(C)n1-2. The fourth-order valence-corrected chi connectivity index (χ4v) is 8.67. The third-order valence-electron chi connectivity index (χ3n) is 10.2. The van der Waals surface area contributed by atoms with Crippen molar-refractivity contribution in [1.82, 2.24) is 19.7 Å². The van der Waals surface area contributed by atoms with Crippen LogP contribution in [0.2, 0.25) is 5.02 Å². The van der Waals surface area contributed by atoms with Crippen LogP contribution >= 0.6 is 35.6 Å². The number of benzene rings is 3. The zero-order valence-corrected chi connectivity index (χ0v) is 34.3. The lowest BCUT2D eigenvalue weighted by Crippen LogP contribution is -2.12. The van der Waals surface area contributed by atoms with Crippen molar-refractivity contribution in [2.24, 2.45) is 4.99 Å². The number of rotatable bonds is 16. The van der Waals surface area contributed by atoms with Crippen LogP contribution in [0.5, 0.6) is 0 Å². The van der Waals surface area contributed by atoms with Crippen molar-refractivity contribution in [2.45, 2.75) is 76.7 Å². The molecule has 1 aliphatic heterocycles. The minimum absolute atomic E-state index is 0.0504. The highest BCUT2D eigenvalue weighted by molar-refractivity contribution is 7.80. The van der Waals surface area contributed by atoms with Crippen LogP contribution in [0.3, 0.4) is 0 Å². The zero-order valence-electron chi connectivity index (χ0n) is 31.8. The molecule has 1 atom stereocenters. The lowest BCUT2D eigenvalue weighted by Gasteiger charge is -2.12. The number of fused-ring (bicyclic) bond motifs is 4. The molecule has 0 aliphatic carbocycles. The summed E-state index contributed by atoms with van der Waals surface area (Å²) in [5, 5.41) is 11.2. The van der Waals surface area contributed by atoms with E-state index >= 15 is 0 Å². The summed E-state index contributed by atoms with van der Waals surface area (Å²) in [6.45, 7) is 6.86. The number of thiophene rings is 1. The molecule has 6 aromatic rings. The van der Waals surface area contributed by atoms with Crippen LogP contribution in [0.15, 0.2) is 82.8 Å². The zero-order chi connectivity index (χ0) is 40.2. The number of thiol groups is 1. The first-order chi connectivity index (χ1) is 27.5. The average molecular weight is 822 g/mol. The number of aliphatic imine (C=N–C) groups is 1. The topological polar surface area (TPSA) is 116 Å². The Morgan fingerprint density at radius 1 is 0.895 bits per heavy atom. The molecule has 9 nitrogen and oxygen atoms in total. The number of aryl methyl sites for hydroxylation is 3. The number of hydrogen-bond acceptors (Lipinski definition) is 10. The summed E-state index contributed by atoms with van der Waals surface area (Å²) in [5.41, 5.74) is 6.29. The summed E-state index contributed by atoms with van der Waals surface area (Å²) in [7, 11) is 0. The van der Waals surface area contributed by atoms with E-state index in [-0.39, 0.29) is 42.4 Å². The van der Waals surface area contributed by atoms with Crippen molar-refractivity contribution in [3.63, 3.8) is 0 Å². The largest absolute Gasteiger partial charge is 0.381 e. The van der Waals surface area contributed by atoms with E-state index in [1.165, 1.54) is 23.2 Å². The van der Waals surface area contributed by atoms with Crippen molar-refractivity contribution < 1.29 is 23.5 Å². The number of Topliss-reactive ketones (excluding diaryl/α,β-unsaturated/α-hetero) is 3. The minimum atomic E-state index is -0.515. The molecular formula is C44H41ClFN5O4S2. The molecule has 57 heavy (non-hydrogen) atoms. The molecule has 0 unspecified atom stereocenters. The van der Waals surface area contributed by atoms with Crippen LogP contribution in [0.25, 0.3) is 15.9 Å². The average Bonchev–Trinajstić information content (AvgIpc) is 3.68. The molecule has 4 heterocycles. The number of carbonyl (C=O) groups excluding carboxylic acids is 3. The molecule has 7 rings (SSSR count). The van der Waals surface area contributed by atoms with Crippen molar-refractivity contribution in [3.8, 4) is 5.00 Å². The number of nitrogens with zero attached hydrogens (tertiary/aromatic N) is 5. The van der Waals surface area contributed by atoms with E-state index in [9.17, 15) is 18.8 Å². The van der Waals surface area contributed by atoms with Gasteiger partial charge in [0.15, 0.2) is 17.4 Å². The van der Waals surface area contributed by atoms with Crippen LogP contribution in [-0.2, 0) is 16.0 Å². The van der Waals surface area contributed by atoms with Crippen LogP contribution in [0.4, 0.5) is 4.39 Å². The second-order valence-electron chi connectivity index (χ2n) is 14.2. The Labute approximate surface area is 344 Å². The first-order valence-electron chi connectivity index (χ1n) is 18.9. The molecule has 3 aromatic carbocycles. The molecule has 0 saturated heterocycles. The normalized spacial score (nSPS) is 13.6. The molecule has 0 fully saturated rings. The van der Waals surface area contributed by atoms with Gasteiger partial charge in [-0.1, -0.05) is 35.9 Å². The number of ketones is 3. The molecule has 0 spiro atoms. The Morgan fingerprint density at radius 3 is 2.35 bits per heavy atom. The van der Waals surface area contributed by atoms with Gasteiger partial charge in [0.05, 0.1) is 11.2 Å². The van der Waals surface area contributed by atoms with Crippen molar-refractivity contribution in [3.05, 3.63) is 134 Å². The Bertz CT molecular complexity index is 2510. The summed E-state index contributed by atoms with van der Waals surface area (Å²) >= 11 is 12.5. The van der Waals surface area contributed by atoms with Gasteiger partial charge in [-0.15, -0.1) is 34.2 Å². The Hall–Kier alpha value is -4.88. The van der Waals surface area contributed by atoms with Gasteiger partial charge in [0.1, 0.15) is 28.5 Å². The third-order valence-corrected chi connectivity index (χ3v) is 12.0. The van der Waals surface area contributed by atoms with Crippen LogP contribution in [0, 0.1) is 26.6 Å². The van der Waals surface area contributed by atoms with Gasteiger partial charge in [-0.3, -0.25) is 28.9 Å². The molecular weight excluding hydrogens is 781 g/mol. The third kappa shape index (κ3) is 9.15. The lowest BCUT2D eigenvalue weighted by molar-refractivity contribution is -0.119. The maximum Gasteiger partial charge on any atom is 0.164 e. The second kappa shape index (κ2) is 17.7. The summed E-state index contributed by atoms with van der Waals surface area (Å²) in [5.74, 6) is 0.964. The summed E-state index contributed by atoms with van der Waals surface area (Å²) in [6, 6.07) is 18.4. The van der Waals surface area contributed by atoms with E-state index in [4.69, 9.17) is 21.3 Å². The highest BCUT2D eigenvalue weighted by Gasteiger charge is 2.32. The highest BCUT2D eigenvalue weighted by atomic mass is 35.5. The number of pyridine rings is 1. The minimum Gasteiger partial charge on any atom is -0.381 e. The quantitative estimate of drug-likeness (QED) is 0.0587. The summed E-state index contributed by atoms with van der Waals surface area (Å²) in [6.07, 6.45) is 4.07. The summed E-state index contributed by atoms with van der Waals surface area (Å²) < 4.78 is 21.1. The first-order valence-corrected chi connectivity index (χ1v) is 20.5. The molecule has 292 valence electrons. The Kier molecular flexibility index (Phi) is 12.5. The number of ether oxygens (including phenoxy) is 1. The molecule has 0 bridgehead atoms. The van der Waals surface area contributed by atoms with E-state index in [1.54, 1.807) is 41.7 Å². The van der Waals surface area contributed by atoms with Gasteiger partial charge >= 0.3 is 0 Å². The monoisotopic (exact) mass is 821 g/mol. The number of carbonyl (C=O) groups is 3. The van der Waals surface area contributed by atoms with Crippen LogP contribution < -0.4 is 0 Å². The molecule has 0 radical (unpaired) electrons. The van der Waals surface area contributed by atoms with Crippen molar-refractivity contribution in [1.29, 1.82) is 0 Å². The Morgan fingerprint density at radius 2 is 1.60 bits per heavy atom. The van der Waals surface area contributed by atoms with E-state index in [1.807, 2.05) is 35.8 Å². The smallest absolute Gasteiger partial charge is 0.164 e. The highest BCUT2D eigenvalue weighted by Crippen LogP contribution is 2.40.